The number of carbonyl (C=O) groups is 1. The molecule has 1 unspecified atom stereocenters. The molecule has 1 fully saturated rings. The largest absolute Gasteiger partial charge is 0.368 e. The number of primary amides is 1. The summed E-state index contributed by atoms with van der Waals surface area (Å²) in [5.41, 5.74) is 8.76. The Morgan fingerprint density at radius 1 is 1.08 bits per heavy atom. The molecular weight excluding hydrogens is 312 g/mol. The summed E-state index contributed by atoms with van der Waals surface area (Å²) in [5.74, 6) is 1.16. The van der Waals surface area contributed by atoms with Crippen LogP contribution in [0.4, 0.5) is 0 Å². The van der Waals surface area contributed by atoms with Crippen molar-refractivity contribution in [2.45, 2.75) is 24.8 Å². The van der Waals surface area contributed by atoms with Crippen molar-refractivity contribution in [2.24, 2.45) is 5.73 Å². The molecule has 128 valence electrons. The Morgan fingerprint density at radius 3 is 2.44 bits per heavy atom. The predicted molar refractivity (Wildman–Crippen MR) is 98.0 cm³/mol. The van der Waals surface area contributed by atoms with Crippen LogP contribution in [0.3, 0.4) is 0 Å². The molecule has 2 aromatic carbocycles. The number of hydrogen-bond acceptors (Lipinski definition) is 3. The molecule has 1 saturated heterocycles. The molecule has 1 atom stereocenters. The lowest BCUT2D eigenvalue weighted by molar-refractivity contribution is -0.124. The lowest BCUT2D eigenvalue weighted by Crippen LogP contribution is -2.42. The maximum absolute atomic E-state index is 12.0. The lowest BCUT2D eigenvalue weighted by atomic mass is 9.93. The van der Waals surface area contributed by atoms with Crippen molar-refractivity contribution in [1.82, 2.24) is 14.9 Å². The van der Waals surface area contributed by atoms with Gasteiger partial charge in [0.25, 0.3) is 0 Å². The summed E-state index contributed by atoms with van der Waals surface area (Å²) in [6.07, 6.45) is 1.94. The maximum Gasteiger partial charge on any atom is 0.239 e. The number of rotatable bonds is 4. The first-order valence-electron chi connectivity index (χ1n) is 8.75. The first kappa shape index (κ1) is 15.8. The SMILES string of the molecule is NC(=O)C(c1ccccc1)N1CCC(c2nc3ccccc3[nH]2)CC1. The molecule has 5 nitrogen and oxygen atoms in total. The topological polar surface area (TPSA) is 75.0 Å². The Labute approximate surface area is 146 Å². The molecule has 0 spiro atoms. The van der Waals surface area contributed by atoms with Crippen LogP contribution in [0.1, 0.15) is 36.2 Å². The fraction of sp³-hybridized carbons (Fsp3) is 0.300. The maximum atomic E-state index is 12.0. The number of amides is 1. The second kappa shape index (κ2) is 6.69. The molecular formula is C20H22N4O. The number of nitrogens with one attached hydrogen (secondary N) is 1. The second-order valence-electron chi connectivity index (χ2n) is 6.67. The highest BCUT2D eigenvalue weighted by Gasteiger charge is 2.31. The average molecular weight is 334 g/mol. The number of imidazole rings is 1. The summed E-state index contributed by atoms with van der Waals surface area (Å²) in [6, 6.07) is 17.6. The fourth-order valence-corrected chi connectivity index (χ4v) is 3.79. The minimum Gasteiger partial charge on any atom is -0.368 e. The van der Waals surface area contributed by atoms with E-state index in [1.807, 2.05) is 48.5 Å². The minimum atomic E-state index is -0.349. The first-order valence-corrected chi connectivity index (χ1v) is 8.75. The van der Waals surface area contributed by atoms with Gasteiger partial charge in [-0.15, -0.1) is 0 Å². The van der Waals surface area contributed by atoms with Crippen molar-refractivity contribution in [3.63, 3.8) is 0 Å². The van der Waals surface area contributed by atoms with E-state index in [0.717, 1.165) is 48.4 Å². The van der Waals surface area contributed by atoms with E-state index in [1.54, 1.807) is 0 Å². The van der Waals surface area contributed by atoms with Gasteiger partial charge in [-0.2, -0.15) is 0 Å². The normalized spacial score (nSPS) is 17.6. The predicted octanol–water partition coefficient (Wildman–Crippen LogP) is 2.97. The highest BCUT2D eigenvalue weighted by Crippen LogP contribution is 2.31. The summed E-state index contributed by atoms with van der Waals surface area (Å²) < 4.78 is 0. The van der Waals surface area contributed by atoms with Crippen molar-refractivity contribution in [3.05, 3.63) is 66.0 Å². The molecule has 4 rings (SSSR count). The van der Waals surface area contributed by atoms with E-state index in [4.69, 9.17) is 10.7 Å². The summed E-state index contributed by atoms with van der Waals surface area (Å²) in [6.45, 7) is 1.68. The van der Waals surface area contributed by atoms with Gasteiger partial charge in [0.05, 0.1) is 11.0 Å². The molecule has 1 aliphatic heterocycles. The Hall–Kier alpha value is -2.66. The standard InChI is InChI=1S/C20H22N4O/c21-19(25)18(14-6-2-1-3-7-14)24-12-10-15(11-13-24)20-22-16-8-4-5-9-17(16)23-20/h1-9,15,18H,10-13H2,(H2,21,25)(H,22,23). The average Bonchev–Trinajstić information content (AvgIpc) is 3.07. The molecule has 1 amide bonds. The smallest absolute Gasteiger partial charge is 0.239 e. The number of benzene rings is 2. The van der Waals surface area contributed by atoms with E-state index < -0.39 is 0 Å². The van der Waals surface area contributed by atoms with Gasteiger partial charge in [-0.1, -0.05) is 42.5 Å². The van der Waals surface area contributed by atoms with E-state index in [9.17, 15) is 4.79 Å². The molecule has 0 saturated carbocycles. The molecule has 1 aliphatic rings. The van der Waals surface area contributed by atoms with Crippen LogP contribution in [0, 0.1) is 0 Å². The Kier molecular flexibility index (Phi) is 4.24. The van der Waals surface area contributed by atoms with Gasteiger partial charge in [-0.05, 0) is 43.6 Å². The van der Waals surface area contributed by atoms with Crippen LogP contribution in [-0.4, -0.2) is 33.9 Å². The molecule has 2 heterocycles. The molecule has 25 heavy (non-hydrogen) atoms. The summed E-state index contributed by atoms with van der Waals surface area (Å²) >= 11 is 0. The zero-order valence-corrected chi connectivity index (χ0v) is 14.1. The number of likely N-dealkylation sites (tertiary alicyclic amines) is 1. The third kappa shape index (κ3) is 3.15. The Morgan fingerprint density at radius 2 is 1.76 bits per heavy atom. The second-order valence-corrected chi connectivity index (χ2v) is 6.67. The van der Waals surface area contributed by atoms with E-state index in [0.29, 0.717) is 5.92 Å². The van der Waals surface area contributed by atoms with Gasteiger partial charge >= 0.3 is 0 Å². The molecule has 0 bridgehead atoms. The van der Waals surface area contributed by atoms with Gasteiger partial charge in [0.15, 0.2) is 0 Å². The number of para-hydroxylation sites is 2. The van der Waals surface area contributed by atoms with Crippen LogP contribution in [0.5, 0.6) is 0 Å². The van der Waals surface area contributed by atoms with Crippen LogP contribution in [-0.2, 0) is 4.79 Å². The number of H-pyrrole nitrogens is 1. The zero-order valence-electron chi connectivity index (χ0n) is 14.1. The summed E-state index contributed by atoms with van der Waals surface area (Å²) in [5, 5.41) is 0. The summed E-state index contributed by atoms with van der Waals surface area (Å²) in [4.78, 5) is 22.4. The van der Waals surface area contributed by atoms with Crippen LogP contribution >= 0.6 is 0 Å². The molecule has 1 aromatic heterocycles. The quantitative estimate of drug-likeness (QED) is 0.770. The number of piperidine rings is 1. The van der Waals surface area contributed by atoms with Crippen molar-refractivity contribution < 1.29 is 4.79 Å². The number of aromatic amines is 1. The highest BCUT2D eigenvalue weighted by molar-refractivity contribution is 5.81. The summed E-state index contributed by atoms with van der Waals surface area (Å²) in [7, 11) is 0. The van der Waals surface area contributed by atoms with E-state index >= 15 is 0 Å². The molecule has 3 N–H and O–H groups in total. The van der Waals surface area contributed by atoms with Crippen LogP contribution in [0.15, 0.2) is 54.6 Å². The van der Waals surface area contributed by atoms with Crippen molar-refractivity contribution in [1.29, 1.82) is 0 Å². The van der Waals surface area contributed by atoms with Gasteiger partial charge < -0.3 is 10.7 Å². The fourth-order valence-electron chi connectivity index (χ4n) is 3.79. The van der Waals surface area contributed by atoms with E-state index in [-0.39, 0.29) is 11.9 Å². The minimum absolute atomic E-state index is 0.284. The van der Waals surface area contributed by atoms with Crippen LogP contribution < -0.4 is 5.73 Å². The van der Waals surface area contributed by atoms with Gasteiger partial charge in [0, 0.05) is 5.92 Å². The molecule has 3 aromatic rings. The number of hydrogen-bond donors (Lipinski definition) is 2. The number of nitrogens with zero attached hydrogens (tertiary/aromatic N) is 2. The van der Waals surface area contributed by atoms with E-state index in [1.165, 1.54) is 0 Å². The van der Waals surface area contributed by atoms with Crippen LogP contribution in [0.25, 0.3) is 11.0 Å². The van der Waals surface area contributed by atoms with Gasteiger partial charge in [-0.3, -0.25) is 9.69 Å². The first-order chi connectivity index (χ1) is 12.2. The zero-order chi connectivity index (χ0) is 17.2. The van der Waals surface area contributed by atoms with Crippen molar-refractivity contribution in [2.75, 3.05) is 13.1 Å². The number of aromatic nitrogens is 2. The van der Waals surface area contributed by atoms with Crippen molar-refractivity contribution in [3.8, 4) is 0 Å². The molecule has 0 aliphatic carbocycles. The number of carbonyl (C=O) groups excluding carboxylic acids is 1. The van der Waals surface area contributed by atoms with Crippen molar-refractivity contribution >= 4 is 16.9 Å². The third-order valence-electron chi connectivity index (χ3n) is 5.07. The number of nitrogens with two attached hydrogens (primary N) is 1. The van der Waals surface area contributed by atoms with Gasteiger partial charge in [0.1, 0.15) is 11.9 Å². The molecule has 5 heteroatoms. The Balaban J connectivity index is 1.49. The molecule has 0 radical (unpaired) electrons. The van der Waals surface area contributed by atoms with Gasteiger partial charge in [-0.25, -0.2) is 4.98 Å². The highest BCUT2D eigenvalue weighted by atomic mass is 16.1. The monoisotopic (exact) mass is 334 g/mol. The third-order valence-corrected chi connectivity index (χ3v) is 5.07. The lowest BCUT2D eigenvalue weighted by Gasteiger charge is -2.35. The number of fused-ring (bicyclic) bond motifs is 1. The van der Waals surface area contributed by atoms with Crippen LogP contribution in [0.2, 0.25) is 0 Å². The van der Waals surface area contributed by atoms with E-state index in [2.05, 4.69) is 16.0 Å². The van der Waals surface area contributed by atoms with Gasteiger partial charge in [0.2, 0.25) is 5.91 Å². The Bertz CT molecular complexity index is 833.